The first-order chi connectivity index (χ1) is 26.5. The average molecular weight is 734 g/mol. The van der Waals surface area contributed by atoms with Crippen LogP contribution in [-0.4, -0.2) is 0 Å². The van der Waals surface area contributed by atoms with Crippen LogP contribution in [0.25, 0.3) is 33.4 Å². The second-order valence-electron chi connectivity index (χ2n) is 20.4. The Hall–Kier alpha value is -4.88. The van der Waals surface area contributed by atoms with Crippen LogP contribution < -0.4 is 4.90 Å². The fourth-order valence-corrected chi connectivity index (χ4v) is 10.5. The first-order valence-electron chi connectivity index (χ1n) is 21.0. The van der Waals surface area contributed by atoms with E-state index in [0.717, 1.165) is 0 Å². The van der Waals surface area contributed by atoms with Crippen molar-refractivity contribution in [2.75, 3.05) is 4.90 Å². The molecule has 0 aliphatic heterocycles. The van der Waals surface area contributed by atoms with E-state index >= 15 is 0 Å². The van der Waals surface area contributed by atoms with Crippen LogP contribution in [0, 0.1) is 0 Å². The van der Waals surface area contributed by atoms with Gasteiger partial charge < -0.3 is 4.90 Å². The number of para-hydroxylation sites is 1. The van der Waals surface area contributed by atoms with E-state index < -0.39 is 0 Å². The van der Waals surface area contributed by atoms with E-state index in [2.05, 4.69) is 202 Å². The molecule has 0 bridgehead atoms. The van der Waals surface area contributed by atoms with Crippen LogP contribution in [0.1, 0.15) is 128 Å². The molecular formula is C55H59N. The maximum atomic E-state index is 2.54. The van der Waals surface area contributed by atoms with E-state index in [0.29, 0.717) is 0 Å². The standard InChI is InChI=1S/C55H59N/c1-51(2)28-30-53(5,6)48-32-38(24-26-45(48)51)36-20-22-37(23-21-36)42-34-43-41-18-14-15-19-44(41)55(9,10)47(43)35-50(42)56(39-16-12-11-13-17-39)40-25-27-46-49(33-40)54(7,8)31-29-52(46,3)4/h11-27,32-35H,28-31H2,1-10H3. The van der Waals surface area contributed by atoms with Gasteiger partial charge in [0.2, 0.25) is 0 Å². The molecule has 3 aliphatic carbocycles. The number of hydrogen-bond donors (Lipinski definition) is 0. The van der Waals surface area contributed by atoms with Crippen LogP contribution in [0.2, 0.25) is 0 Å². The van der Waals surface area contributed by atoms with Crippen LogP contribution >= 0.6 is 0 Å². The summed E-state index contributed by atoms with van der Waals surface area (Å²) in [6.45, 7) is 24.2. The minimum absolute atomic E-state index is 0.102. The summed E-state index contributed by atoms with van der Waals surface area (Å²) in [4.78, 5) is 2.54. The summed E-state index contributed by atoms with van der Waals surface area (Å²) >= 11 is 0. The fraction of sp³-hybridized carbons (Fsp3) is 0.345. The third-order valence-electron chi connectivity index (χ3n) is 14.4. The van der Waals surface area contributed by atoms with Crippen molar-refractivity contribution in [1.82, 2.24) is 0 Å². The minimum atomic E-state index is -0.123. The lowest BCUT2D eigenvalue weighted by molar-refractivity contribution is 0.332. The van der Waals surface area contributed by atoms with Gasteiger partial charge in [-0.1, -0.05) is 160 Å². The minimum Gasteiger partial charge on any atom is -0.310 e. The quantitative estimate of drug-likeness (QED) is 0.171. The Morgan fingerprint density at radius 3 is 1.50 bits per heavy atom. The molecule has 0 heterocycles. The molecule has 0 atom stereocenters. The number of nitrogens with zero attached hydrogens (tertiary/aromatic N) is 1. The van der Waals surface area contributed by atoms with E-state index in [-0.39, 0.29) is 27.1 Å². The summed E-state index contributed by atoms with van der Waals surface area (Å²) in [5.74, 6) is 0. The Balaban J connectivity index is 1.25. The highest BCUT2D eigenvalue weighted by molar-refractivity contribution is 5.95. The Bertz CT molecular complexity index is 2490. The van der Waals surface area contributed by atoms with E-state index in [4.69, 9.17) is 0 Å². The van der Waals surface area contributed by atoms with Gasteiger partial charge in [0.25, 0.3) is 0 Å². The molecule has 6 aromatic rings. The monoisotopic (exact) mass is 733 g/mol. The molecule has 0 radical (unpaired) electrons. The molecule has 9 rings (SSSR count). The summed E-state index contributed by atoms with van der Waals surface area (Å²) in [6.07, 6.45) is 4.83. The molecule has 0 saturated carbocycles. The van der Waals surface area contributed by atoms with Gasteiger partial charge in [-0.3, -0.25) is 0 Å². The van der Waals surface area contributed by atoms with E-state index in [1.807, 2.05) is 0 Å². The summed E-state index contributed by atoms with van der Waals surface area (Å²) < 4.78 is 0. The lowest BCUT2D eigenvalue weighted by Gasteiger charge is -2.42. The van der Waals surface area contributed by atoms with Gasteiger partial charge in [-0.05, 0) is 145 Å². The second kappa shape index (κ2) is 12.6. The highest BCUT2D eigenvalue weighted by atomic mass is 15.1. The molecule has 0 amide bonds. The summed E-state index contributed by atoms with van der Waals surface area (Å²) in [5, 5.41) is 0. The van der Waals surface area contributed by atoms with Crippen molar-refractivity contribution in [3.05, 3.63) is 161 Å². The average Bonchev–Trinajstić information content (AvgIpc) is 3.41. The molecule has 0 spiro atoms. The number of benzene rings is 6. The van der Waals surface area contributed by atoms with E-state index in [1.165, 1.54) is 110 Å². The first-order valence-corrected chi connectivity index (χ1v) is 21.0. The summed E-state index contributed by atoms with van der Waals surface area (Å²) in [6, 6.07) is 49.1. The fourth-order valence-electron chi connectivity index (χ4n) is 10.5. The van der Waals surface area contributed by atoms with Gasteiger partial charge in [0.15, 0.2) is 0 Å². The summed E-state index contributed by atoms with van der Waals surface area (Å²) in [7, 11) is 0. The first kappa shape index (κ1) is 36.7. The highest BCUT2D eigenvalue weighted by Gasteiger charge is 2.40. The third-order valence-corrected chi connectivity index (χ3v) is 14.4. The van der Waals surface area contributed by atoms with Gasteiger partial charge in [-0.15, -0.1) is 0 Å². The van der Waals surface area contributed by atoms with E-state index in [9.17, 15) is 0 Å². The second-order valence-corrected chi connectivity index (χ2v) is 20.4. The number of rotatable bonds is 5. The van der Waals surface area contributed by atoms with Crippen molar-refractivity contribution in [3.63, 3.8) is 0 Å². The molecule has 56 heavy (non-hydrogen) atoms. The smallest absolute Gasteiger partial charge is 0.0543 e. The van der Waals surface area contributed by atoms with E-state index in [1.54, 1.807) is 0 Å². The zero-order valence-electron chi connectivity index (χ0n) is 35.4. The maximum Gasteiger partial charge on any atom is 0.0543 e. The van der Waals surface area contributed by atoms with Gasteiger partial charge in [-0.25, -0.2) is 0 Å². The van der Waals surface area contributed by atoms with Gasteiger partial charge in [-0.2, -0.15) is 0 Å². The Morgan fingerprint density at radius 2 is 0.857 bits per heavy atom. The molecule has 0 aromatic heterocycles. The molecule has 284 valence electrons. The van der Waals surface area contributed by atoms with Crippen molar-refractivity contribution in [2.24, 2.45) is 0 Å². The molecule has 1 heteroatoms. The van der Waals surface area contributed by atoms with Crippen LogP contribution in [0.3, 0.4) is 0 Å². The molecule has 0 saturated heterocycles. The molecule has 6 aromatic carbocycles. The maximum absolute atomic E-state index is 2.54. The van der Waals surface area contributed by atoms with Gasteiger partial charge in [0.1, 0.15) is 0 Å². The lowest BCUT2D eigenvalue weighted by Crippen LogP contribution is -2.34. The molecule has 1 nitrogen and oxygen atoms in total. The Labute approximate surface area is 336 Å². The predicted octanol–water partition coefficient (Wildman–Crippen LogP) is 15.5. The molecule has 3 aliphatic rings. The topological polar surface area (TPSA) is 3.24 Å². The van der Waals surface area contributed by atoms with Crippen molar-refractivity contribution >= 4 is 17.1 Å². The van der Waals surface area contributed by atoms with Crippen molar-refractivity contribution < 1.29 is 0 Å². The Morgan fingerprint density at radius 1 is 0.339 bits per heavy atom. The Kier molecular flexibility index (Phi) is 8.24. The third kappa shape index (κ3) is 5.79. The largest absolute Gasteiger partial charge is 0.310 e. The predicted molar refractivity (Wildman–Crippen MR) is 240 cm³/mol. The van der Waals surface area contributed by atoms with Gasteiger partial charge in [0, 0.05) is 22.4 Å². The molecule has 0 N–H and O–H groups in total. The van der Waals surface area contributed by atoms with Gasteiger partial charge >= 0.3 is 0 Å². The van der Waals surface area contributed by atoms with Crippen molar-refractivity contribution in [3.8, 4) is 33.4 Å². The van der Waals surface area contributed by atoms with Crippen LogP contribution in [0.4, 0.5) is 17.1 Å². The van der Waals surface area contributed by atoms with Crippen LogP contribution in [0.5, 0.6) is 0 Å². The highest BCUT2D eigenvalue weighted by Crippen LogP contribution is 2.55. The molecular weight excluding hydrogens is 675 g/mol. The lowest BCUT2D eigenvalue weighted by atomic mass is 9.63. The zero-order chi connectivity index (χ0) is 39.4. The molecule has 0 unspecified atom stereocenters. The van der Waals surface area contributed by atoms with Crippen molar-refractivity contribution in [2.45, 2.75) is 122 Å². The number of hydrogen-bond acceptors (Lipinski definition) is 1. The van der Waals surface area contributed by atoms with Crippen LogP contribution in [-0.2, 0) is 27.1 Å². The van der Waals surface area contributed by atoms with Crippen molar-refractivity contribution in [1.29, 1.82) is 0 Å². The van der Waals surface area contributed by atoms with Crippen LogP contribution in [0.15, 0.2) is 127 Å². The van der Waals surface area contributed by atoms with Gasteiger partial charge in [0.05, 0.1) is 5.69 Å². The summed E-state index contributed by atoms with van der Waals surface area (Å²) in [5.41, 5.74) is 20.6. The zero-order valence-corrected chi connectivity index (χ0v) is 35.4. The SMILES string of the molecule is CC1(C)CCC(C)(C)c2cc(-c3ccc(-c4cc5c(cc4N(c4ccccc4)c4ccc6c(c4)C(C)(C)CCC6(C)C)C(C)(C)c4ccccc4-5)cc3)ccc21. The number of fused-ring (bicyclic) bond motifs is 5. The molecule has 0 fully saturated rings. The normalized spacial score (nSPS) is 19.0. The number of anilines is 3.